The summed E-state index contributed by atoms with van der Waals surface area (Å²) in [7, 11) is 0. The van der Waals surface area contributed by atoms with Gasteiger partial charge in [0.05, 0.1) is 11.7 Å². The van der Waals surface area contributed by atoms with E-state index in [9.17, 15) is 9.59 Å². The third-order valence-corrected chi connectivity index (χ3v) is 6.22. The van der Waals surface area contributed by atoms with Crippen molar-refractivity contribution in [1.29, 1.82) is 0 Å². The van der Waals surface area contributed by atoms with Crippen molar-refractivity contribution in [1.82, 2.24) is 14.1 Å². The van der Waals surface area contributed by atoms with Gasteiger partial charge in [-0.25, -0.2) is 4.98 Å². The van der Waals surface area contributed by atoms with Crippen LogP contribution in [0.1, 0.15) is 13.3 Å². The monoisotopic (exact) mass is 416 g/mol. The Balaban J connectivity index is 1.37. The van der Waals surface area contributed by atoms with Gasteiger partial charge in [-0.1, -0.05) is 18.2 Å². The SMILES string of the molecule is CCn1c2ccccc2c2cc(NC(=O)CCn3cnc4sccc4c3=O)ccc21. The second-order valence-electron chi connectivity index (χ2n) is 7.17. The van der Waals surface area contributed by atoms with E-state index in [0.29, 0.717) is 11.9 Å². The van der Waals surface area contributed by atoms with Crippen LogP contribution in [0.4, 0.5) is 5.69 Å². The van der Waals surface area contributed by atoms with Crippen molar-refractivity contribution < 1.29 is 4.79 Å². The number of aromatic nitrogens is 3. The van der Waals surface area contributed by atoms with Crippen LogP contribution < -0.4 is 10.9 Å². The third-order valence-electron chi connectivity index (χ3n) is 5.40. The van der Waals surface area contributed by atoms with E-state index in [0.717, 1.165) is 28.0 Å². The summed E-state index contributed by atoms with van der Waals surface area (Å²) in [6, 6.07) is 16.1. The number of thiophene rings is 1. The molecule has 0 aliphatic rings. The van der Waals surface area contributed by atoms with Crippen LogP contribution in [0.15, 0.2) is 65.0 Å². The number of nitrogens with one attached hydrogen (secondary N) is 1. The second kappa shape index (κ2) is 7.42. The maximum absolute atomic E-state index is 12.5. The van der Waals surface area contributed by atoms with E-state index < -0.39 is 0 Å². The lowest BCUT2D eigenvalue weighted by atomic mass is 10.1. The molecule has 0 aliphatic carbocycles. The van der Waals surface area contributed by atoms with Crippen LogP contribution in [0.3, 0.4) is 0 Å². The predicted octanol–water partition coefficient (Wildman–Crippen LogP) is 4.61. The fraction of sp³-hybridized carbons (Fsp3) is 0.174. The largest absolute Gasteiger partial charge is 0.341 e. The van der Waals surface area contributed by atoms with Gasteiger partial charge in [-0.3, -0.25) is 14.2 Å². The molecule has 0 aliphatic heterocycles. The Labute approximate surface area is 176 Å². The second-order valence-corrected chi connectivity index (χ2v) is 8.07. The predicted molar refractivity (Wildman–Crippen MR) is 122 cm³/mol. The molecule has 0 unspecified atom stereocenters. The summed E-state index contributed by atoms with van der Waals surface area (Å²) in [4.78, 5) is 30.0. The third kappa shape index (κ3) is 3.07. The minimum Gasteiger partial charge on any atom is -0.341 e. The quantitative estimate of drug-likeness (QED) is 0.455. The van der Waals surface area contributed by atoms with Crippen molar-refractivity contribution in [3.63, 3.8) is 0 Å². The zero-order valence-corrected chi connectivity index (χ0v) is 17.3. The highest BCUT2D eigenvalue weighted by molar-refractivity contribution is 7.16. The van der Waals surface area contributed by atoms with Crippen LogP contribution in [0.25, 0.3) is 32.0 Å². The van der Waals surface area contributed by atoms with Gasteiger partial charge < -0.3 is 9.88 Å². The fourth-order valence-corrected chi connectivity index (χ4v) is 4.69. The molecule has 0 saturated heterocycles. The van der Waals surface area contributed by atoms with E-state index >= 15 is 0 Å². The maximum atomic E-state index is 12.5. The molecule has 3 heterocycles. The summed E-state index contributed by atoms with van der Waals surface area (Å²) in [5, 5.41) is 7.71. The number of aryl methyl sites for hydroxylation is 2. The van der Waals surface area contributed by atoms with E-state index in [1.54, 1.807) is 6.07 Å². The molecule has 5 rings (SSSR count). The molecule has 3 aromatic heterocycles. The number of amides is 1. The molecular formula is C23H20N4O2S. The normalized spacial score (nSPS) is 11.5. The Hall–Kier alpha value is -3.45. The molecule has 2 aromatic carbocycles. The summed E-state index contributed by atoms with van der Waals surface area (Å²) in [6.45, 7) is 3.31. The first-order valence-electron chi connectivity index (χ1n) is 9.89. The Bertz CT molecular complexity index is 1460. The average Bonchev–Trinajstić information content (AvgIpc) is 3.36. The van der Waals surface area contributed by atoms with E-state index in [1.807, 2.05) is 35.7 Å². The Kier molecular flexibility index (Phi) is 4.59. The van der Waals surface area contributed by atoms with Crippen LogP contribution in [0.5, 0.6) is 0 Å². The van der Waals surface area contributed by atoms with Gasteiger partial charge in [-0.05, 0) is 42.6 Å². The van der Waals surface area contributed by atoms with E-state index in [1.165, 1.54) is 33.1 Å². The number of anilines is 1. The van der Waals surface area contributed by atoms with Crippen molar-refractivity contribution in [2.45, 2.75) is 26.4 Å². The first-order chi connectivity index (χ1) is 14.7. The van der Waals surface area contributed by atoms with Crippen molar-refractivity contribution >= 4 is 55.0 Å². The number of carbonyl (C=O) groups excluding carboxylic acids is 1. The molecule has 5 aromatic rings. The highest BCUT2D eigenvalue weighted by Crippen LogP contribution is 2.31. The van der Waals surface area contributed by atoms with Gasteiger partial charge in [-0.2, -0.15) is 0 Å². The molecule has 0 atom stereocenters. The van der Waals surface area contributed by atoms with E-state index in [2.05, 4.69) is 33.9 Å². The van der Waals surface area contributed by atoms with Crippen molar-refractivity contribution in [2.75, 3.05) is 5.32 Å². The molecular weight excluding hydrogens is 396 g/mol. The average molecular weight is 417 g/mol. The van der Waals surface area contributed by atoms with Crippen LogP contribution in [0.2, 0.25) is 0 Å². The number of hydrogen-bond donors (Lipinski definition) is 1. The minimum atomic E-state index is -0.133. The van der Waals surface area contributed by atoms with Gasteiger partial charge >= 0.3 is 0 Å². The van der Waals surface area contributed by atoms with Crippen LogP contribution in [0, 0.1) is 0 Å². The lowest BCUT2D eigenvalue weighted by Gasteiger charge is -2.08. The highest BCUT2D eigenvalue weighted by Gasteiger charge is 2.11. The Morgan fingerprint density at radius 1 is 1.07 bits per heavy atom. The number of fused-ring (bicyclic) bond motifs is 4. The fourth-order valence-electron chi connectivity index (χ4n) is 3.97. The number of benzene rings is 2. The van der Waals surface area contributed by atoms with Crippen molar-refractivity contribution in [3.05, 3.63) is 70.6 Å². The van der Waals surface area contributed by atoms with E-state index in [-0.39, 0.29) is 17.9 Å². The molecule has 150 valence electrons. The molecule has 0 spiro atoms. The molecule has 6 nitrogen and oxygen atoms in total. The summed E-state index contributed by atoms with van der Waals surface area (Å²) >= 11 is 1.44. The number of carbonyl (C=O) groups is 1. The molecule has 1 N–H and O–H groups in total. The minimum absolute atomic E-state index is 0.108. The molecule has 1 amide bonds. The first-order valence-corrected chi connectivity index (χ1v) is 10.8. The molecule has 0 saturated carbocycles. The molecule has 0 bridgehead atoms. The van der Waals surface area contributed by atoms with Crippen LogP contribution in [-0.4, -0.2) is 20.0 Å². The maximum Gasteiger partial charge on any atom is 0.262 e. The standard InChI is InChI=1S/C23H20N4O2S/c1-2-27-19-6-4-3-5-16(19)18-13-15(7-8-20(18)27)25-21(28)9-11-26-14-24-22-17(23(26)29)10-12-30-22/h3-8,10,12-14H,2,9,11H2,1H3,(H,25,28). The van der Waals surface area contributed by atoms with Crippen molar-refractivity contribution in [2.24, 2.45) is 0 Å². The van der Waals surface area contributed by atoms with Crippen LogP contribution in [-0.2, 0) is 17.9 Å². The zero-order chi connectivity index (χ0) is 20.7. The van der Waals surface area contributed by atoms with Gasteiger partial charge in [0.2, 0.25) is 5.91 Å². The van der Waals surface area contributed by atoms with Gasteiger partial charge in [0.25, 0.3) is 5.56 Å². The van der Waals surface area contributed by atoms with Gasteiger partial charge in [0.15, 0.2) is 0 Å². The lowest BCUT2D eigenvalue weighted by molar-refractivity contribution is -0.116. The topological polar surface area (TPSA) is 68.9 Å². The number of para-hydroxylation sites is 1. The Morgan fingerprint density at radius 3 is 2.77 bits per heavy atom. The number of hydrogen-bond acceptors (Lipinski definition) is 4. The molecule has 0 radical (unpaired) electrons. The lowest BCUT2D eigenvalue weighted by Crippen LogP contribution is -2.23. The summed E-state index contributed by atoms with van der Waals surface area (Å²) in [5.41, 5.74) is 2.99. The van der Waals surface area contributed by atoms with Crippen LogP contribution >= 0.6 is 11.3 Å². The summed E-state index contributed by atoms with van der Waals surface area (Å²) in [6.07, 6.45) is 1.71. The highest BCUT2D eigenvalue weighted by atomic mass is 32.1. The van der Waals surface area contributed by atoms with Crippen molar-refractivity contribution in [3.8, 4) is 0 Å². The smallest absolute Gasteiger partial charge is 0.262 e. The van der Waals surface area contributed by atoms with Gasteiger partial charge in [0.1, 0.15) is 4.83 Å². The Morgan fingerprint density at radius 2 is 1.90 bits per heavy atom. The first kappa shape index (κ1) is 18.6. The zero-order valence-electron chi connectivity index (χ0n) is 16.5. The molecule has 30 heavy (non-hydrogen) atoms. The molecule has 0 fully saturated rings. The van der Waals surface area contributed by atoms with E-state index in [4.69, 9.17) is 0 Å². The van der Waals surface area contributed by atoms with Gasteiger partial charge in [-0.15, -0.1) is 11.3 Å². The number of rotatable bonds is 5. The van der Waals surface area contributed by atoms with Gasteiger partial charge in [0, 0.05) is 47.0 Å². The summed E-state index contributed by atoms with van der Waals surface area (Å²) < 4.78 is 3.77. The summed E-state index contributed by atoms with van der Waals surface area (Å²) in [5.74, 6) is -0.133. The number of nitrogens with zero attached hydrogens (tertiary/aromatic N) is 3. The molecule has 7 heteroatoms.